The summed E-state index contributed by atoms with van der Waals surface area (Å²) in [6.45, 7) is 1.93. The van der Waals surface area contributed by atoms with Gasteiger partial charge in [0.1, 0.15) is 6.04 Å². The van der Waals surface area contributed by atoms with Crippen molar-refractivity contribution in [2.75, 3.05) is 16.8 Å². The zero-order valence-corrected chi connectivity index (χ0v) is 12.8. The molecule has 104 valence electrons. The Hall–Kier alpha value is -1.05. The van der Waals surface area contributed by atoms with Crippen LogP contribution in [-0.2, 0) is 9.59 Å². The van der Waals surface area contributed by atoms with Gasteiger partial charge in [-0.1, -0.05) is 15.9 Å². The molecule has 1 aromatic carbocycles. The second-order valence-electron chi connectivity index (χ2n) is 3.97. The lowest BCUT2D eigenvalue weighted by atomic mass is 10.2. The van der Waals surface area contributed by atoms with Crippen molar-refractivity contribution in [2.24, 2.45) is 5.73 Å². The largest absolute Gasteiger partial charge is 0.480 e. The van der Waals surface area contributed by atoms with Gasteiger partial charge in [-0.05, 0) is 30.7 Å². The Morgan fingerprint density at radius 1 is 1.53 bits per heavy atom. The lowest BCUT2D eigenvalue weighted by Gasteiger charge is -2.08. The van der Waals surface area contributed by atoms with Crippen LogP contribution in [0.2, 0.25) is 0 Å². The molecule has 0 fully saturated rings. The number of nitrogens with one attached hydrogen (secondary N) is 1. The lowest BCUT2D eigenvalue weighted by Crippen LogP contribution is -2.33. The molecule has 1 aromatic rings. The second-order valence-corrected chi connectivity index (χ2v) is 5.86. The third kappa shape index (κ3) is 5.63. The van der Waals surface area contributed by atoms with Crippen LogP contribution in [0.1, 0.15) is 5.56 Å². The average molecular weight is 347 g/mol. The number of halogens is 1. The number of aliphatic carboxylic acids is 1. The smallest absolute Gasteiger partial charge is 0.321 e. The van der Waals surface area contributed by atoms with Gasteiger partial charge in [-0.3, -0.25) is 9.59 Å². The summed E-state index contributed by atoms with van der Waals surface area (Å²) in [4.78, 5) is 22.1. The van der Waals surface area contributed by atoms with E-state index in [1.807, 2.05) is 19.1 Å². The van der Waals surface area contributed by atoms with Crippen molar-refractivity contribution in [2.45, 2.75) is 13.0 Å². The third-order valence-corrected chi connectivity index (χ3v) is 4.24. The topological polar surface area (TPSA) is 92.4 Å². The number of hydrogen-bond donors (Lipinski definition) is 3. The highest BCUT2D eigenvalue weighted by Crippen LogP contribution is 2.20. The zero-order valence-electron chi connectivity index (χ0n) is 10.4. The van der Waals surface area contributed by atoms with E-state index in [0.717, 1.165) is 10.0 Å². The number of aryl methyl sites for hydroxylation is 1. The SMILES string of the molecule is Cc1cc(NC(=O)CSC[C@H](N)C(=O)O)ccc1Br. The molecule has 1 atom stereocenters. The van der Waals surface area contributed by atoms with Gasteiger partial charge in [-0.25, -0.2) is 0 Å². The molecule has 4 N–H and O–H groups in total. The van der Waals surface area contributed by atoms with E-state index in [9.17, 15) is 9.59 Å². The summed E-state index contributed by atoms with van der Waals surface area (Å²) in [5.74, 6) is -0.848. The summed E-state index contributed by atoms with van der Waals surface area (Å²) in [6, 6.07) is 4.57. The summed E-state index contributed by atoms with van der Waals surface area (Å²) in [6.07, 6.45) is 0. The molecule has 0 aromatic heterocycles. The first-order valence-electron chi connectivity index (χ1n) is 5.52. The number of carboxylic acids is 1. The maximum atomic E-state index is 11.6. The van der Waals surface area contributed by atoms with Gasteiger partial charge in [-0.15, -0.1) is 11.8 Å². The van der Waals surface area contributed by atoms with E-state index in [1.54, 1.807) is 6.07 Å². The molecule has 0 saturated carbocycles. The fraction of sp³-hybridized carbons (Fsp3) is 0.333. The van der Waals surface area contributed by atoms with Gasteiger partial charge in [0.25, 0.3) is 0 Å². The van der Waals surface area contributed by atoms with Gasteiger partial charge in [-0.2, -0.15) is 0 Å². The second kappa shape index (κ2) is 7.52. The Kier molecular flexibility index (Phi) is 6.33. The van der Waals surface area contributed by atoms with Gasteiger partial charge < -0.3 is 16.2 Å². The number of hydrogen-bond acceptors (Lipinski definition) is 4. The summed E-state index contributed by atoms with van der Waals surface area (Å²) in [5, 5.41) is 11.3. The van der Waals surface area contributed by atoms with Gasteiger partial charge in [0, 0.05) is 15.9 Å². The maximum Gasteiger partial charge on any atom is 0.321 e. The molecule has 0 saturated heterocycles. The molecule has 0 aliphatic carbocycles. The fourth-order valence-electron chi connectivity index (χ4n) is 1.27. The third-order valence-electron chi connectivity index (χ3n) is 2.29. The van der Waals surface area contributed by atoms with Gasteiger partial charge >= 0.3 is 5.97 Å². The minimum absolute atomic E-state index is 0.177. The van der Waals surface area contributed by atoms with Crippen LogP contribution in [-0.4, -0.2) is 34.5 Å². The Balaban J connectivity index is 2.39. The van der Waals surface area contributed by atoms with Crippen LogP contribution in [0.4, 0.5) is 5.69 Å². The zero-order chi connectivity index (χ0) is 14.4. The quantitative estimate of drug-likeness (QED) is 0.730. The Bertz CT molecular complexity index is 482. The van der Waals surface area contributed by atoms with Crippen molar-refractivity contribution in [3.05, 3.63) is 28.2 Å². The predicted octanol–water partition coefficient (Wildman–Crippen LogP) is 1.84. The first-order chi connectivity index (χ1) is 8.90. The molecule has 0 heterocycles. The first kappa shape index (κ1) is 16.0. The number of amides is 1. The van der Waals surface area contributed by atoms with Gasteiger partial charge in [0.15, 0.2) is 0 Å². The van der Waals surface area contributed by atoms with E-state index >= 15 is 0 Å². The van der Waals surface area contributed by atoms with Crippen LogP contribution < -0.4 is 11.1 Å². The van der Waals surface area contributed by atoms with E-state index in [-0.39, 0.29) is 17.4 Å². The molecule has 19 heavy (non-hydrogen) atoms. The molecule has 0 bridgehead atoms. The molecular weight excluding hydrogens is 332 g/mol. The number of benzene rings is 1. The number of thioether (sulfide) groups is 1. The summed E-state index contributed by atoms with van der Waals surface area (Å²) in [7, 11) is 0. The molecule has 0 aliphatic rings. The molecule has 1 amide bonds. The molecule has 0 radical (unpaired) electrons. The molecule has 0 spiro atoms. The van der Waals surface area contributed by atoms with Crippen LogP contribution in [0.25, 0.3) is 0 Å². The van der Waals surface area contributed by atoms with Gasteiger partial charge in [0.05, 0.1) is 5.75 Å². The molecule has 5 nitrogen and oxygen atoms in total. The van der Waals surface area contributed by atoms with Crippen molar-refractivity contribution >= 4 is 45.3 Å². The summed E-state index contributed by atoms with van der Waals surface area (Å²) in [5.41, 5.74) is 7.08. The highest BCUT2D eigenvalue weighted by atomic mass is 79.9. The van der Waals surface area contributed by atoms with E-state index in [2.05, 4.69) is 21.2 Å². The van der Waals surface area contributed by atoms with E-state index < -0.39 is 12.0 Å². The number of rotatable bonds is 6. The van der Waals surface area contributed by atoms with Crippen LogP contribution in [0.15, 0.2) is 22.7 Å². The van der Waals surface area contributed by atoms with Crippen LogP contribution in [0, 0.1) is 6.92 Å². The van der Waals surface area contributed by atoms with Gasteiger partial charge in [0.2, 0.25) is 5.91 Å². The van der Waals surface area contributed by atoms with Crippen LogP contribution in [0.3, 0.4) is 0 Å². The highest BCUT2D eigenvalue weighted by molar-refractivity contribution is 9.10. The molecule has 1 rings (SSSR count). The monoisotopic (exact) mass is 346 g/mol. The van der Waals surface area contributed by atoms with E-state index in [0.29, 0.717) is 5.69 Å². The Morgan fingerprint density at radius 3 is 2.79 bits per heavy atom. The Labute approximate surface area is 124 Å². The number of anilines is 1. The van der Waals surface area contributed by atoms with E-state index in [1.165, 1.54) is 11.8 Å². The predicted molar refractivity (Wildman–Crippen MR) is 80.4 cm³/mol. The van der Waals surface area contributed by atoms with E-state index in [4.69, 9.17) is 10.8 Å². The van der Waals surface area contributed by atoms with Crippen LogP contribution >= 0.6 is 27.7 Å². The van der Waals surface area contributed by atoms with Crippen molar-refractivity contribution in [3.8, 4) is 0 Å². The Morgan fingerprint density at radius 2 is 2.21 bits per heavy atom. The first-order valence-corrected chi connectivity index (χ1v) is 7.47. The minimum atomic E-state index is -1.06. The van der Waals surface area contributed by atoms with Crippen molar-refractivity contribution in [1.82, 2.24) is 0 Å². The molecule has 0 aliphatic heterocycles. The van der Waals surface area contributed by atoms with Crippen LogP contribution in [0.5, 0.6) is 0 Å². The minimum Gasteiger partial charge on any atom is -0.480 e. The summed E-state index contributed by atoms with van der Waals surface area (Å²) < 4.78 is 0.979. The highest BCUT2D eigenvalue weighted by Gasteiger charge is 2.12. The standard InChI is InChI=1S/C12H15BrN2O3S/c1-7-4-8(2-3-9(7)13)15-11(16)6-19-5-10(14)12(17)18/h2-4,10H,5-6,14H2,1H3,(H,15,16)(H,17,18)/t10-/m0/s1. The number of carboxylic acid groups (broad SMARTS) is 1. The molecule has 0 unspecified atom stereocenters. The lowest BCUT2D eigenvalue weighted by molar-refractivity contribution is -0.137. The fourth-order valence-corrected chi connectivity index (χ4v) is 2.29. The number of carbonyl (C=O) groups is 2. The normalized spacial score (nSPS) is 11.9. The average Bonchev–Trinajstić information content (AvgIpc) is 2.33. The number of carbonyl (C=O) groups excluding carboxylic acids is 1. The molecule has 7 heteroatoms. The van der Waals surface area contributed by atoms with Crippen molar-refractivity contribution in [1.29, 1.82) is 0 Å². The summed E-state index contributed by atoms with van der Waals surface area (Å²) >= 11 is 4.58. The number of nitrogens with two attached hydrogens (primary N) is 1. The van der Waals surface area contributed by atoms with Crippen molar-refractivity contribution in [3.63, 3.8) is 0 Å². The molecular formula is C12H15BrN2O3S. The van der Waals surface area contributed by atoms with Crippen molar-refractivity contribution < 1.29 is 14.7 Å². The maximum absolute atomic E-state index is 11.6.